The van der Waals surface area contributed by atoms with E-state index in [-0.39, 0.29) is 19.0 Å². The highest BCUT2D eigenvalue weighted by molar-refractivity contribution is 5.89. The zero-order valence-corrected chi connectivity index (χ0v) is 17.1. The second kappa shape index (κ2) is 7.38. The van der Waals surface area contributed by atoms with Gasteiger partial charge in [0.05, 0.1) is 30.6 Å². The number of aromatic nitrogens is 5. The van der Waals surface area contributed by atoms with Gasteiger partial charge in [0.15, 0.2) is 0 Å². The van der Waals surface area contributed by atoms with Crippen LogP contribution < -0.4 is 10.1 Å². The van der Waals surface area contributed by atoms with Gasteiger partial charge >= 0.3 is 0 Å². The zero-order valence-electron chi connectivity index (χ0n) is 17.1. The van der Waals surface area contributed by atoms with Crippen molar-refractivity contribution >= 4 is 22.5 Å². The Morgan fingerprint density at radius 3 is 2.74 bits per heavy atom. The van der Waals surface area contributed by atoms with Gasteiger partial charge in [-0.1, -0.05) is 6.07 Å². The van der Waals surface area contributed by atoms with Crippen LogP contribution in [0.25, 0.3) is 27.7 Å². The summed E-state index contributed by atoms with van der Waals surface area (Å²) in [5.74, 6) is -2.95. The van der Waals surface area contributed by atoms with Crippen LogP contribution in [0.4, 0.5) is 14.7 Å². The van der Waals surface area contributed by atoms with Crippen LogP contribution in [0.15, 0.2) is 42.9 Å². The highest BCUT2D eigenvalue weighted by Crippen LogP contribution is 2.34. The fraction of sp³-hybridized carbons (Fsp3) is 0.333. The van der Waals surface area contributed by atoms with Crippen molar-refractivity contribution in [3.05, 3.63) is 42.9 Å². The Labute approximate surface area is 176 Å². The topological polar surface area (TPSA) is 80.5 Å². The number of hydrogen-bond acceptors (Lipinski definition) is 7. The first-order valence-corrected chi connectivity index (χ1v) is 9.89. The van der Waals surface area contributed by atoms with Crippen molar-refractivity contribution in [1.29, 1.82) is 0 Å². The molecule has 1 aromatic carbocycles. The number of halogens is 2. The fourth-order valence-electron chi connectivity index (χ4n) is 4.06. The lowest BCUT2D eigenvalue weighted by Gasteiger charge is -2.18. The molecule has 0 saturated carbocycles. The Balaban J connectivity index is 1.47. The standard InChI is InChI=1S/C21H21F2N7O/c1-29-11-14(21(22,23)12-29)10-26-20-27-19(31-2)18-15(5-8-30(18)28-20)13-3-4-16-17(9-13)25-7-6-24-16/h3-9,14H,10-12H2,1-2H3,(H,26,28)/t14-/m0/s1. The van der Waals surface area contributed by atoms with Crippen LogP contribution in [0.5, 0.6) is 5.88 Å². The number of anilines is 1. The van der Waals surface area contributed by atoms with Crippen molar-refractivity contribution in [1.82, 2.24) is 29.5 Å². The lowest BCUT2D eigenvalue weighted by Crippen LogP contribution is -2.32. The highest BCUT2D eigenvalue weighted by atomic mass is 19.3. The Hall–Kier alpha value is -3.40. The monoisotopic (exact) mass is 425 g/mol. The van der Waals surface area contributed by atoms with E-state index in [1.807, 2.05) is 24.3 Å². The maximum Gasteiger partial charge on any atom is 0.266 e. The minimum Gasteiger partial charge on any atom is -0.479 e. The van der Waals surface area contributed by atoms with Crippen LogP contribution >= 0.6 is 0 Å². The summed E-state index contributed by atoms with van der Waals surface area (Å²) >= 11 is 0. The predicted molar refractivity (Wildman–Crippen MR) is 112 cm³/mol. The number of rotatable bonds is 5. The number of nitrogens with one attached hydrogen (secondary N) is 1. The molecule has 160 valence electrons. The van der Waals surface area contributed by atoms with Gasteiger partial charge in [0.1, 0.15) is 5.52 Å². The van der Waals surface area contributed by atoms with Gasteiger partial charge in [0.25, 0.3) is 5.92 Å². The number of fused-ring (bicyclic) bond motifs is 2. The van der Waals surface area contributed by atoms with E-state index in [1.165, 1.54) is 7.11 Å². The van der Waals surface area contributed by atoms with E-state index in [0.29, 0.717) is 17.9 Å². The van der Waals surface area contributed by atoms with Crippen molar-refractivity contribution in [3.63, 3.8) is 0 Å². The van der Waals surface area contributed by atoms with E-state index in [1.54, 1.807) is 35.1 Å². The van der Waals surface area contributed by atoms with Gasteiger partial charge in [-0.3, -0.25) is 14.9 Å². The molecule has 4 aromatic rings. The molecule has 1 atom stereocenters. The molecule has 0 unspecified atom stereocenters. The molecular weight excluding hydrogens is 404 g/mol. The van der Waals surface area contributed by atoms with Crippen molar-refractivity contribution in [2.75, 3.05) is 39.1 Å². The van der Waals surface area contributed by atoms with E-state index in [0.717, 1.165) is 22.2 Å². The third kappa shape index (κ3) is 3.52. The number of nitrogens with zero attached hydrogens (tertiary/aromatic N) is 6. The van der Waals surface area contributed by atoms with Crippen molar-refractivity contribution in [3.8, 4) is 17.0 Å². The first kappa shape index (κ1) is 19.6. The predicted octanol–water partition coefficient (Wildman–Crippen LogP) is 2.96. The molecule has 1 saturated heterocycles. The fourth-order valence-corrected chi connectivity index (χ4v) is 4.06. The zero-order chi connectivity index (χ0) is 21.6. The average molecular weight is 425 g/mol. The summed E-state index contributed by atoms with van der Waals surface area (Å²) in [7, 11) is 3.22. The highest BCUT2D eigenvalue weighted by Gasteiger charge is 2.46. The summed E-state index contributed by atoms with van der Waals surface area (Å²) in [5, 5.41) is 7.40. The lowest BCUT2D eigenvalue weighted by atomic mass is 10.1. The van der Waals surface area contributed by atoms with Gasteiger partial charge in [-0.25, -0.2) is 13.3 Å². The van der Waals surface area contributed by atoms with Gasteiger partial charge in [-0.05, 0) is 30.8 Å². The smallest absolute Gasteiger partial charge is 0.266 e. The molecule has 1 N–H and O–H groups in total. The molecule has 0 bridgehead atoms. The first-order chi connectivity index (χ1) is 14.9. The van der Waals surface area contributed by atoms with Crippen LogP contribution in [-0.2, 0) is 0 Å². The molecule has 4 heterocycles. The number of benzene rings is 1. The normalized spacial score (nSPS) is 18.6. The summed E-state index contributed by atoms with van der Waals surface area (Å²) in [5.41, 5.74) is 4.06. The second-order valence-electron chi connectivity index (χ2n) is 7.76. The van der Waals surface area contributed by atoms with Gasteiger partial charge < -0.3 is 10.1 Å². The molecule has 31 heavy (non-hydrogen) atoms. The molecule has 1 fully saturated rings. The molecule has 0 spiro atoms. The Morgan fingerprint density at radius 2 is 2.00 bits per heavy atom. The molecule has 8 nitrogen and oxygen atoms in total. The first-order valence-electron chi connectivity index (χ1n) is 9.89. The molecule has 5 rings (SSSR count). The summed E-state index contributed by atoms with van der Waals surface area (Å²) in [6, 6.07) is 7.72. The van der Waals surface area contributed by atoms with E-state index in [9.17, 15) is 8.78 Å². The van der Waals surface area contributed by atoms with Crippen LogP contribution in [0, 0.1) is 5.92 Å². The summed E-state index contributed by atoms with van der Waals surface area (Å²) < 4.78 is 35.4. The van der Waals surface area contributed by atoms with Gasteiger partial charge in [-0.2, -0.15) is 4.98 Å². The second-order valence-corrected chi connectivity index (χ2v) is 7.76. The Kier molecular flexibility index (Phi) is 4.66. The summed E-state index contributed by atoms with van der Waals surface area (Å²) in [6.07, 6.45) is 5.09. The molecule has 10 heteroatoms. The number of methoxy groups -OCH3 is 1. The minimum absolute atomic E-state index is 0.0729. The third-order valence-electron chi connectivity index (χ3n) is 5.57. The summed E-state index contributed by atoms with van der Waals surface area (Å²) in [4.78, 5) is 14.7. The number of likely N-dealkylation sites (tertiary alicyclic amines) is 1. The van der Waals surface area contributed by atoms with Crippen molar-refractivity contribution < 1.29 is 13.5 Å². The number of ether oxygens (including phenoxy) is 1. The summed E-state index contributed by atoms with van der Waals surface area (Å²) in [6.45, 7) is 0.154. The molecule has 3 aromatic heterocycles. The van der Waals surface area contributed by atoms with E-state index in [4.69, 9.17) is 4.74 Å². The minimum atomic E-state index is -2.74. The number of alkyl halides is 2. The third-order valence-corrected chi connectivity index (χ3v) is 5.57. The Bertz CT molecular complexity index is 1260. The van der Waals surface area contributed by atoms with Gasteiger partial charge in [0.2, 0.25) is 11.8 Å². The molecule has 1 aliphatic rings. The van der Waals surface area contributed by atoms with Crippen LogP contribution in [0.3, 0.4) is 0 Å². The molecule has 0 aliphatic carbocycles. The van der Waals surface area contributed by atoms with E-state index >= 15 is 0 Å². The van der Waals surface area contributed by atoms with E-state index < -0.39 is 11.8 Å². The number of hydrogen-bond donors (Lipinski definition) is 1. The molecule has 0 amide bonds. The molecule has 0 radical (unpaired) electrons. The average Bonchev–Trinajstić information content (AvgIpc) is 3.30. The van der Waals surface area contributed by atoms with Crippen molar-refractivity contribution in [2.45, 2.75) is 5.92 Å². The Morgan fingerprint density at radius 1 is 1.19 bits per heavy atom. The van der Waals surface area contributed by atoms with E-state index in [2.05, 4.69) is 25.4 Å². The van der Waals surface area contributed by atoms with Crippen LogP contribution in [0.1, 0.15) is 0 Å². The largest absolute Gasteiger partial charge is 0.479 e. The van der Waals surface area contributed by atoms with Crippen LogP contribution in [-0.4, -0.2) is 69.2 Å². The SMILES string of the molecule is COc1nc(NC[C@H]2CN(C)CC2(F)F)nn2ccc(-c3ccc4nccnc4c3)c12. The molecular formula is C21H21F2N7O. The van der Waals surface area contributed by atoms with Gasteiger partial charge in [0, 0.05) is 37.2 Å². The maximum absolute atomic E-state index is 14.1. The maximum atomic E-state index is 14.1. The van der Waals surface area contributed by atoms with Crippen molar-refractivity contribution in [2.24, 2.45) is 5.92 Å². The van der Waals surface area contributed by atoms with Crippen LogP contribution in [0.2, 0.25) is 0 Å². The van der Waals surface area contributed by atoms with Gasteiger partial charge in [-0.15, -0.1) is 5.10 Å². The quantitative estimate of drug-likeness (QED) is 0.527. The molecule has 1 aliphatic heterocycles. The lowest BCUT2D eigenvalue weighted by molar-refractivity contribution is -0.0215.